The van der Waals surface area contributed by atoms with Gasteiger partial charge in [-0.15, -0.1) is 33.3 Å². The molecule has 5 rings (SSSR count). The summed E-state index contributed by atoms with van der Waals surface area (Å²) < 4.78 is 3.33. The van der Waals surface area contributed by atoms with E-state index in [4.69, 9.17) is 5.84 Å². The molecule has 0 spiro atoms. The number of carbonyl (C=O) groups is 2. The molecule has 1 atom stereocenters. The molecular weight excluding hydrogens is 520 g/mol. The Morgan fingerprint density at radius 1 is 1.18 bits per heavy atom. The van der Waals surface area contributed by atoms with Crippen LogP contribution in [0.3, 0.4) is 0 Å². The number of hydrogen-bond donors (Lipinski definition) is 1. The van der Waals surface area contributed by atoms with Crippen LogP contribution in [0.2, 0.25) is 0 Å². The highest BCUT2D eigenvalue weighted by Crippen LogP contribution is 2.44. The minimum Gasteiger partial charge on any atom is -0.310 e. The lowest BCUT2D eigenvalue weighted by Gasteiger charge is -2.27. The Balaban J connectivity index is 1.34. The number of benzene rings is 1. The lowest BCUT2D eigenvalue weighted by Crippen LogP contribution is -2.54. The summed E-state index contributed by atoms with van der Waals surface area (Å²) in [6.45, 7) is 1.99. The molecule has 0 saturated carbocycles. The quantitative estimate of drug-likeness (QED) is 0.181. The number of hydrazine groups is 1. The van der Waals surface area contributed by atoms with Gasteiger partial charge in [-0.3, -0.25) is 19.3 Å². The molecule has 4 aromatic rings. The number of anilines is 1. The summed E-state index contributed by atoms with van der Waals surface area (Å²) in [5, 5.41) is 14.2. The van der Waals surface area contributed by atoms with Crippen LogP contribution >= 0.6 is 23.1 Å². The van der Waals surface area contributed by atoms with E-state index in [-0.39, 0.29) is 11.7 Å². The summed E-state index contributed by atoms with van der Waals surface area (Å²) in [6.07, 6.45) is 4.09. The Kier molecular flexibility index (Phi) is 7.07. The van der Waals surface area contributed by atoms with E-state index in [0.29, 0.717) is 18.0 Å². The second-order valence-corrected chi connectivity index (χ2v) is 11.0. The van der Waals surface area contributed by atoms with Crippen LogP contribution in [0.15, 0.2) is 47.6 Å². The van der Waals surface area contributed by atoms with Crippen LogP contribution in [-0.2, 0) is 25.3 Å². The maximum absolute atomic E-state index is 13.5. The maximum Gasteiger partial charge on any atom is 0.306 e. The molecule has 0 unspecified atom stereocenters. The van der Waals surface area contributed by atoms with Gasteiger partial charge < -0.3 is 9.47 Å². The van der Waals surface area contributed by atoms with Crippen LogP contribution < -0.4 is 10.7 Å². The summed E-state index contributed by atoms with van der Waals surface area (Å²) in [6, 6.07) is 8.94. The van der Waals surface area contributed by atoms with Gasteiger partial charge in [-0.2, -0.15) is 5.10 Å². The molecule has 0 radical (unpaired) electrons. The predicted octanol–water partition coefficient (Wildman–Crippen LogP) is 2.36. The van der Waals surface area contributed by atoms with Crippen LogP contribution in [0.5, 0.6) is 0 Å². The number of hydrogen-bond acceptors (Lipinski definition) is 8. The largest absolute Gasteiger partial charge is 0.310 e. The van der Waals surface area contributed by atoms with Gasteiger partial charge in [0.05, 0.1) is 16.6 Å². The summed E-state index contributed by atoms with van der Waals surface area (Å²) >= 11 is 2.95. The van der Waals surface area contributed by atoms with Gasteiger partial charge in [-0.05, 0) is 18.1 Å². The molecule has 10 nitrogen and oxygen atoms in total. The van der Waals surface area contributed by atoms with Crippen LogP contribution in [0, 0.1) is 18.8 Å². The van der Waals surface area contributed by atoms with Gasteiger partial charge in [0.2, 0.25) is 5.82 Å². The fourth-order valence-corrected chi connectivity index (χ4v) is 6.70. The van der Waals surface area contributed by atoms with Crippen molar-refractivity contribution in [2.75, 3.05) is 17.7 Å². The highest BCUT2D eigenvalue weighted by molar-refractivity contribution is 7.99. The number of aromatic nitrogens is 5. The Bertz CT molecular complexity index is 1580. The number of carbonyl (C=O) groups excluding carboxylic acids is 2. The van der Waals surface area contributed by atoms with E-state index >= 15 is 0 Å². The summed E-state index contributed by atoms with van der Waals surface area (Å²) in [5.41, 5.74) is 2.87. The number of aryl methyl sites for hydroxylation is 1. The maximum atomic E-state index is 13.5. The standard InChI is InChI=1S/C26H26N8O2S2/c1-16-20(11-10-18-13-28-31(2)14-18)38-26-22(16)37-15-19(24(35)33(26)4)34(27)25(36)23-30-29-21(32(23)3)12-17-8-6-5-7-9-17/h5-9,13-14,19H,12,15,27H2,1-4H3/t19-/m0/s1. The number of thiophene rings is 1. The molecule has 1 aliphatic rings. The first kappa shape index (κ1) is 25.7. The molecule has 1 aromatic carbocycles. The van der Waals surface area contributed by atoms with E-state index in [2.05, 4.69) is 27.1 Å². The van der Waals surface area contributed by atoms with Crippen molar-refractivity contribution >= 4 is 39.9 Å². The number of amides is 2. The van der Waals surface area contributed by atoms with Crippen molar-refractivity contribution in [2.45, 2.75) is 24.3 Å². The van der Waals surface area contributed by atoms with E-state index in [1.165, 1.54) is 23.1 Å². The first-order chi connectivity index (χ1) is 18.2. The first-order valence-electron chi connectivity index (χ1n) is 11.8. The molecule has 2 amide bonds. The molecule has 0 aliphatic carbocycles. The number of fused-ring (bicyclic) bond motifs is 1. The second-order valence-electron chi connectivity index (χ2n) is 8.94. The molecule has 12 heteroatoms. The lowest BCUT2D eigenvalue weighted by atomic mass is 10.1. The van der Waals surface area contributed by atoms with Crippen LogP contribution in [0.1, 0.15) is 38.0 Å². The number of rotatable bonds is 4. The van der Waals surface area contributed by atoms with E-state index in [1.54, 1.807) is 34.4 Å². The molecule has 4 heterocycles. The SMILES string of the molecule is Cc1c(C#Cc2cnn(C)c2)sc2c1SC[C@H](N(N)C(=O)c1nnc(Cc3ccccc3)n1C)C(=O)N2C. The van der Waals surface area contributed by atoms with E-state index in [1.807, 2.05) is 50.5 Å². The van der Waals surface area contributed by atoms with Gasteiger partial charge in [0, 0.05) is 44.4 Å². The molecule has 194 valence electrons. The Hall–Kier alpha value is -3.92. The monoisotopic (exact) mass is 546 g/mol. The number of nitrogens with two attached hydrogens (primary N) is 1. The fourth-order valence-electron chi connectivity index (χ4n) is 4.10. The van der Waals surface area contributed by atoms with Gasteiger partial charge in [0.15, 0.2) is 0 Å². The average molecular weight is 547 g/mol. The number of likely N-dealkylation sites (N-methyl/N-ethyl adjacent to an activating group) is 1. The Morgan fingerprint density at radius 2 is 1.95 bits per heavy atom. The highest BCUT2D eigenvalue weighted by atomic mass is 32.2. The van der Waals surface area contributed by atoms with Gasteiger partial charge in [-0.1, -0.05) is 42.2 Å². The van der Waals surface area contributed by atoms with Crippen molar-refractivity contribution < 1.29 is 9.59 Å². The van der Waals surface area contributed by atoms with Crippen molar-refractivity contribution in [3.05, 3.63) is 75.9 Å². The summed E-state index contributed by atoms with van der Waals surface area (Å²) in [4.78, 5) is 30.2. The zero-order chi connectivity index (χ0) is 27.0. The van der Waals surface area contributed by atoms with Crippen molar-refractivity contribution in [1.29, 1.82) is 0 Å². The predicted molar refractivity (Wildman–Crippen MR) is 147 cm³/mol. The van der Waals surface area contributed by atoms with Crippen LogP contribution in [0.25, 0.3) is 0 Å². The molecule has 0 fully saturated rings. The summed E-state index contributed by atoms with van der Waals surface area (Å²) in [7, 11) is 5.27. The molecule has 3 aromatic heterocycles. The molecule has 1 aliphatic heterocycles. The zero-order valence-electron chi connectivity index (χ0n) is 21.4. The minimum atomic E-state index is -0.865. The number of nitrogens with zero attached hydrogens (tertiary/aromatic N) is 7. The fraction of sp³-hybridized carbons (Fsp3) is 0.269. The molecule has 0 bridgehead atoms. The van der Waals surface area contributed by atoms with Crippen molar-refractivity contribution in [2.24, 2.45) is 19.9 Å². The van der Waals surface area contributed by atoms with Gasteiger partial charge >= 0.3 is 5.91 Å². The topological polar surface area (TPSA) is 115 Å². The molecule has 38 heavy (non-hydrogen) atoms. The number of thioether (sulfide) groups is 1. The average Bonchev–Trinajstić information content (AvgIpc) is 3.57. The van der Waals surface area contributed by atoms with E-state index < -0.39 is 11.9 Å². The van der Waals surface area contributed by atoms with Crippen LogP contribution in [0.4, 0.5) is 5.00 Å². The minimum absolute atomic E-state index is 0.0852. The lowest BCUT2D eigenvalue weighted by molar-refractivity contribution is -0.122. The first-order valence-corrected chi connectivity index (χ1v) is 13.6. The normalized spacial score (nSPS) is 15.0. The Labute approximate surface area is 228 Å². The third-order valence-electron chi connectivity index (χ3n) is 6.34. The second kappa shape index (κ2) is 10.4. The Morgan fingerprint density at radius 3 is 2.66 bits per heavy atom. The van der Waals surface area contributed by atoms with Crippen molar-refractivity contribution in [3.8, 4) is 11.8 Å². The smallest absolute Gasteiger partial charge is 0.306 e. The van der Waals surface area contributed by atoms with Gasteiger partial charge in [0.1, 0.15) is 16.9 Å². The van der Waals surface area contributed by atoms with E-state index in [9.17, 15) is 9.59 Å². The van der Waals surface area contributed by atoms with Gasteiger partial charge in [-0.25, -0.2) is 5.84 Å². The third kappa shape index (κ3) is 4.83. The molecule has 0 saturated heterocycles. The zero-order valence-corrected chi connectivity index (χ0v) is 23.0. The van der Waals surface area contributed by atoms with E-state index in [0.717, 1.165) is 36.5 Å². The molecule has 2 N–H and O–H groups in total. The highest BCUT2D eigenvalue weighted by Gasteiger charge is 2.37. The van der Waals surface area contributed by atoms with Gasteiger partial charge in [0.25, 0.3) is 5.91 Å². The molecular formula is C26H26N8O2S2. The van der Waals surface area contributed by atoms with Crippen molar-refractivity contribution in [1.82, 2.24) is 29.6 Å². The third-order valence-corrected chi connectivity index (χ3v) is 9.02. The van der Waals surface area contributed by atoms with Crippen LogP contribution in [-0.4, -0.2) is 60.2 Å². The summed E-state index contributed by atoms with van der Waals surface area (Å²) in [5.74, 6) is 12.8. The van der Waals surface area contributed by atoms with Crippen molar-refractivity contribution in [3.63, 3.8) is 0 Å².